The van der Waals surface area contributed by atoms with Crippen LogP contribution in [0.5, 0.6) is 0 Å². The second-order valence-electron chi connectivity index (χ2n) is 4.89. The van der Waals surface area contributed by atoms with Crippen LogP contribution < -0.4 is 5.32 Å². The first-order chi connectivity index (χ1) is 9.69. The molecule has 0 saturated heterocycles. The van der Waals surface area contributed by atoms with Crippen LogP contribution in [0.15, 0.2) is 54.6 Å². The summed E-state index contributed by atoms with van der Waals surface area (Å²) in [6, 6.07) is 17.9. The highest BCUT2D eigenvalue weighted by Crippen LogP contribution is 2.09. The Kier molecular flexibility index (Phi) is 5.36. The Balaban J connectivity index is 1.93. The Hall–Kier alpha value is -1.61. The van der Waals surface area contributed by atoms with Crippen molar-refractivity contribution in [1.29, 1.82) is 0 Å². The van der Waals surface area contributed by atoms with Crippen molar-refractivity contribution in [2.24, 2.45) is 0 Å². The van der Waals surface area contributed by atoms with Gasteiger partial charge < -0.3 is 5.32 Å². The quantitative estimate of drug-likeness (QED) is 0.826. The molecule has 0 fully saturated rings. The second kappa shape index (κ2) is 7.25. The first-order valence-corrected chi connectivity index (χ1v) is 7.81. The molecule has 0 aliphatic rings. The normalized spacial score (nSPS) is 11.9. The van der Waals surface area contributed by atoms with Gasteiger partial charge in [-0.2, -0.15) is 0 Å². The molecule has 2 rings (SSSR count). The molecule has 0 radical (unpaired) electrons. The van der Waals surface area contributed by atoms with Crippen molar-refractivity contribution in [3.8, 4) is 0 Å². The Morgan fingerprint density at radius 3 is 2.30 bits per heavy atom. The lowest BCUT2D eigenvalue weighted by atomic mass is 10.1. The molecule has 1 atom stereocenters. The molecule has 3 heteroatoms. The van der Waals surface area contributed by atoms with Gasteiger partial charge in [0.05, 0.1) is 0 Å². The maximum absolute atomic E-state index is 12.1. The van der Waals surface area contributed by atoms with Gasteiger partial charge in [0.2, 0.25) is 0 Å². The van der Waals surface area contributed by atoms with Crippen LogP contribution in [0.2, 0.25) is 0 Å². The molecular weight excluding hydrogens is 314 g/mol. The summed E-state index contributed by atoms with van der Waals surface area (Å²) in [5.74, 6) is -0.0189. The second-order valence-corrected chi connectivity index (χ2v) is 5.46. The minimum absolute atomic E-state index is 0.0189. The van der Waals surface area contributed by atoms with Gasteiger partial charge in [-0.25, -0.2) is 0 Å². The summed E-state index contributed by atoms with van der Waals surface area (Å²) in [4.78, 5) is 12.1. The van der Waals surface area contributed by atoms with E-state index >= 15 is 0 Å². The van der Waals surface area contributed by atoms with Crippen LogP contribution in [0.1, 0.15) is 28.4 Å². The van der Waals surface area contributed by atoms with Gasteiger partial charge in [0.25, 0.3) is 5.91 Å². The van der Waals surface area contributed by atoms with Gasteiger partial charge >= 0.3 is 0 Å². The maximum Gasteiger partial charge on any atom is 0.251 e. The first-order valence-electron chi connectivity index (χ1n) is 6.68. The van der Waals surface area contributed by atoms with E-state index < -0.39 is 0 Å². The summed E-state index contributed by atoms with van der Waals surface area (Å²) in [6.45, 7) is 2.03. The molecule has 0 aliphatic heterocycles. The number of halogens is 1. The smallest absolute Gasteiger partial charge is 0.251 e. The highest BCUT2D eigenvalue weighted by molar-refractivity contribution is 9.08. The Bertz CT molecular complexity index is 551. The molecule has 104 valence electrons. The topological polar surface area (TPSA) is 29.1 Å². The number of nitrogens with one attached hydrogen (secondary N) is 1. The van der Waals surface area contributed by atoms with Crippen LogP contribution in [0, 0.1) is 0 Å². The number of carbonyl (C=O) groups excluding carboxylic acids is 1. The summed E-state index contributed by atoms with van der Waals surface area (Å²) in [6.07, 6.45) is 0.839. The first kappa shape index (κ1) is 14.8. The molecule has 0 aromatic heterocycles. The Morgan fingerprint density at radius 1 is 1.05 bits per heavy atom. The van der Waals surface area contributed by atoms with E-state index in [1.807, 2.05) is 49.4 Å². The molecule has 2 aromatic rings. The molecule has 0 bridgehead atoms. The number of hydrogen-bond donors (Lipinski definition) is 1. The van der Waals surface area contributed by atoms with Crippen molar-refractivity contribution in [2.75, 3.05) is 0 Å². The van der Waals surface area contributed by atoms with Crippen molar-refractivity contribution in [3.63, 3.8) is 0 Å². The molecule has 1 amide bonds. The molecule has 2 nitrogen and oxygen atoms in total. The van der Waals surface area contributed by atoms with E-state index in [9.17, 15) is 4.79 Å². The van der Waals surface area contributed by atoms with Crippen molar-refractivity contribution < 1.29 is 4.79 Å². The average Bonchev–Trinajstić information content (AvgIpc) is 2.48. The number of amides is 1. The van der Waals surface area contributed by atoms with E-state index in [1.165, 1.54) is 11.1 Å². The third kappa shape index (κ3) is 4.20. The van der Waals surface area contributed by atoms with E-state index in [0.29, 0.717) is 5.56 Å². The van der Waals surface area contributed by atoms with Gasteiger partial charge in [0.1, 0.15) is 0 Å². The van der Waals surface area contributed by atoms with Crippen LogP contribution in [-0.2, 0) is 11.8 Å². The summed E-state index contributed by atoms with van der Waals surface area (Å²) in [5, 5.41) is 3.84. The minimum atomic E-state index is -0.0189. The van der Waals surface area contributed by atoms with E-state index in [0.717, 1.165) is 11.8 Å². The lowest BCUT2D eigenvalue weighted by Crippen LogP contribution is -2.34. The molecule has 0 aliphatic carbocycles. The fourth-order valence-electron chi connectivity index (χ4n) is 2.07. The fraction of sp³-hybridized carbons (Fsp3) is 0.235. The fourth-order valence-corrected chi connectivity index (χ4v) is 2.44. The monoisotopic (exact) mass is 331 g/mol. The third-order valence-electron chi connectivity index (χ3n) is 3.13. The van der Waals surface area contributed by atoms with Gasteiger partial charge in [0, 0.05) is 16.9 Å². The zero-order valence-corrected chi connectivity index (χ0v) is 13.1. The highest BCUT2D eigenvalue weighted by Gasteiger charge is 2.10. The molecule has 0 heterocycles. The van der Waals surface area contributed by atoms with Crippen molar-refractivity contribution in [2.45, 2.75) is 24.7 Å². The zero-order chi connectivity index (χ0) is 14.4. The molecule has 1 unspecified atom stereocenters. The summed E-state index contributed by atoms with van der Waals surface area (Å²) < 4.78 is 0. The Morgan fingerprint density at radius 2 is 1.70 bits per heavy atom. The standard InChI is InChI=1S/C17H18BrNO/c1-13(11-14-5-3-2-4-6-14)19-17(20)16-9-7-15(12-18)8-10-16/h2-10,13H,11-12H2,1H3,(H,19,20). The lowest BCUT2D eigenvalue weighted by Gasteiger charge is -2.14. The summed E-state index contributed by atoms with van der Waals surface area (Å²) in [7, 11) is 0. The number of rotatable bonds is 5. The molecule has 1 N–H and O–H groups in total. The van der Waals surface area contributed by atoms with Crippen LogP contribution >= 0.6 is 15.9 Å². The van der Waals surface area contributed by atoms with Crippen molar-refractivity contribution >= 4 is 21.8 Å². The highest BCUT2D eigenvalue weighted by atomic mass is 79.9. The van der Waals surface area contributed by atoms with E-state index in [-0.39, 0.29) is 11.9 Å². The number of benzene rings is 2. The van der Waals surface area contributed by atoms with Crippen molar-refractivity contribution in [3.05, 3.63) is 71.3 Å². The number of carbonyl (C=O) groups is 1. The Labute approximate surface area is 128 Å². The number of hydrogen-bond acceptors (Lipinski definition) is 1. The van der Waals surface area contributed by atoms with Crippen LogP contribution in [-0.4, -0.2) is 11.9 Å². The van der Waals surface area contributed by atoms with E-state index in [2.05, 4.69) is 33.4 Å². The van der Waals surface area contributed by atoms with Gasteiger partial charge in [-0.15, -0.1) is 0 Å². The lowest BCUT2D eigenvalue weighted by molar-refractivity contribution is 0.0940. The number of alkyl halides is 1. The van der Waals surface area contributed by atoms with Crippen molar-refractivity contribution in [1.82, 2.24) is 5.32 Å². The largest absolute Gasteiger partial charge is 0.349 e. The van der Waals surface area contributed by atoms with Crippen LogP contribution in [0.3, 0.4) is 0 Å². The molecular formula is C17H18BrNO. The van der Waals surface area contributed by atoms with E-state index in [1.54, 1.807) is 0 Å². The predicted octanol–water partition coefficient (Wildman–Crippen LogP) is 3.94. The molecule has 20 heavy (non-hydrogen) atoms. The average molecular weight is 332 g/mol. The van der Waals surface area contributed by atoms with Gasteiger partial charge in [-0.05, 0) is 36.6 Å². The SMILES string of the molecule is CC(Cc1ccccc1)NC(=O)c1ccc(CBr)cc1. The maximum atomic E-state index is 12.1. The zero-order valence-electron chi connectivity index (χ0n) is 11.5. The van der Waals surface area contributed by atoms with Gasteiger partial charge in [0.15, 0.2) is 0 Å². The third-order valence-corrected chi connectivity index (χ3v) is 3.78. The minimum Gasteiger partial charge on any atom is -0.349 e. The molecule has 0 saturated carbocycles. The molecule has 0 spiro atoms. The summed E-state index contributed by atoms with van der Waals surface area (Å²) >= 11 is 3.40. The van der Waals surface area contributed by atoms with Gasteiger partial charge in [-0.3, -0.25) is 4.79 Å². The molecule has 2 aromatic carbocycles. The predicted molar refractivity (Wildman–Crippen MR) is 86.1 cm³/mol. The van der Waals surface area contributed by atoms with Crippen LogP contribution in [0.25, 0.3) is 0 Å². The van der Waals surface area contributed by atoms with Crippen LogP contribution in [0.4, 0.5) is 0 Å². The summed E-state index contributed by atoms with van der Waals surface area (Å²) in [5.41, 5.74) is 3.10. The van der Waals surface area contributed by atoms with Gasteiger partial charge in [-0.1, -0.05) is 58.4 Å². The van der Waals surface area contributed by atoms with E-state index in [4.69, 9.17) is 0 Å².